The first kappa shape index (κ1) is 17.7. The minimum atomic E-state index is -3.52. The third-order valence-electron chi connectivity index (χ3n) is 5.45. The number of likely N-dealkylation sites (N-methyl/N-ethyl adjacent to an activating group) is 1. The second-order valence-corrected chi connectivity index (χ2v) is 8.82. The highest BCUT2D eigenvalue weighted by Crippen LogP contribution is 2.44. The summed E-state index contributed by atoms with van der Waals surface area (Å²) in [5.41, 5.74) is -0.215. The highest BCUT2D eigenvalue weighted by atomic mass is 32.2. The average molecular weight is 353 g/mol. The van der Waals surface area contributed by atoms with E-state index >= 15 is 0 Å². The molecule has 24 heavy (non-hydrogen) atoms. The maximum atomic E-state index is 13.4. The first-order valence-corrected chi connectivity index (χ1v) is 10.4. The fourth-order valence-electron chi connectivity index (χ4n) is 4.35. The Morgan fingerprint density at radius 3 is 2.71 bits per heavy atom. The van der Waals surface area contributed by atoms with Gasteiger partial charge in [0.25, 0.3) is 0 Å². The predicted molar refractivity (Wildman–Crippen MR) is 94.8 cm³/mol. The number of hydrogen-bond acceptors (Lipinski definition) is 4. The first-order valence-electron chi connectivity index (χ1n) is 8.92. The summed E-state index contributed by atoms with van der Waals surface area (Å²) < 4.78 is 33.7. The third kappa shape index (κ3) is 3.19. The van der Waals surface area contributed by atoms with Crippen LogP contribution in [0.4, 0.5) is 0 Å². The van der Waals surface area contributed by atoms with Crippen LogP contribution in [0.1, 0.15) is 45.4 Å². The molecule has 0 radical (unpaired) electrons. The zero-order valence-electron chi connectivity index (χ0n) is 14.6. The second kappa shape index (κ2) is 7.02. The molecule has 0 bridgehead atoms. The van der Waals surface area contributed by atoms with Crippen LogP contribution in [0.2, 0.25) is 0 Å². The number of nitrogens with one attached hydrogen (secondary N) is 1. The molecule has 1 N–H and O–H groups in total. The minimum Gasteiger partial charge on any atom is -0.497 e. The molecule has 1 aromatic carbocycles. The lowest BCUT2D eigenvalue weighted by atomic mass is 9.80. The van der Waals surface area contributed by atoms with Gasteiger partial charge in [-0.3, -0.25) is 0 Å². The molecular formula is C18H28N2O3S. The number of ether oxygens (including phenoxy) is 1. The first-order chi connectivity index (χ1) is 11.5. The quantitative estimate of drug-likeness (QED) is 0.885. The molecule has 1 atom stereocenters. The number of benzene rings is 1. The summed E-state index contributed by atoms with van der Waals surface area (Å²) in [7, 11) is -1.96. The summed E-state index contributed by atoms with van der Waals surface area (Å²) in [6.45, 7) is 3.51. The molecule has 1 saturated heterocycles. The number of sulfonamides is 1. The van der Waals surface area contributed by atoms with Gasteiger partial charge in [-0.25, -0.2) is 8.42 Å². The third-order valence-corrected chi connectivity index (χ3v) is 7.41. The van der Waals surface area contributed by atoms with Crippen molar-refractivity contribution < 1.29 is 13.2 Å². The van der Waals surface area contributed by atoms with E-state index in [2.05, 4.69) is 12.2 Å². The highest BCUT2D eigenvalue weighted by Gasteiger charge is 2.51. The van der Waals surface area contributed by atoms with Gasteiger partial charge >= 0.3 is 0 Å². The highest BCUT2D eigenvalue weighted by molar-refractivity contribution is 7.89. The molecule has 1 heterocycles. The lowest BCUT2D eigenvalue weighted by Crippen LogP contribution is -2.48. The molecule has 134 valence electrons. The summed E-state index contributed by atoms with van der Waals surface area (Å²) >= 11 is 0. The average Bonchev–Trinajstić information content (AvgIpc) is 2.94. The summed E-state index contributed by atoms with van der Waals surface area (Å²) in [5.74, 6) is 0.580. The van der Waals surface area contributed by atoms with Gasteiger partial charge in [-0.15, -0.1) is 0 Å². The Kier molecular flexibility index (Phi) is 5.18. The standard InChI is InChI=1S/C18H28N2O3S/c1-3-19-15-13-18(10-5-4-6-11-18)20(14-15)24(21,22)17-9-7-8-16(12-17)23-2/h7-9,12,15,19H,3-6,10-11,13-14H2,1-2H3/t15-/m0/s1. The van der Waals surface area contributed by atoms with E-state index in [1.54, 1.807) is 35.7 Å². The lowest BCUT2D eigenvalue weighted by molar-refractivity contribution is 0.171. The van der Waals surface area contributed by atoms with E-state index in [9.17, 15) is 8.42 Å². The van der Waals surface area contributed by atoms with Crippen molar-refractivity contribution in [3.05, 3.63) is 24.3 Å². The lowest BCUT2D eigenvalue weighted by Gasteiger charge is -2.40. The fourth-order valence-corrected chi connectivity index (χ4v) is 6.26. The summed E-state index contributed by atoms with van der Waals surface area (Å²) in [5, 5.41) is 3.46. The van der Waals surface area contributed by atoms with Crippen molar-refractivity contribution in [3.8, 4) is 5.75 Å². The molecule has 2 aliphatic rings. The number of methoxy groups -OCH3 is 1. The number of nitrogens with zero attached hydrogens (tertiary/aromatic N) is 1. The van der Waals surface area contributed by atoms with E-state index in [1.165, 1.54) is 6.42 Å². The van der Waals surface area contributed by atoms with Crippen LogP contribution in [0.15, 0.2) is 29.2 Å². The van der Waals surface area contributed by atoms with Gasteiger partial charge in [0, 0.05) is 24.2 Å². The van der Waals surface area contributed by atoms with Gasteiger partial charge in [0.1, 0.15) is 5.75 Å². The van der Waals surface area contributed by atoms with Gasteiger partial charge in [-0.05, 0) is 37.9 Å². The Bertz CT molecular complexity index is 669. The normalized spacial score (nSPS) is 24.3. The van der Waals surface area contributed by atoms with E-state index < -0.39 is 10.0 Å². The van der Waals surface area contributed by atoms with Crippen LogP contribution in [0, 0.1) is 0 Å². The Hall–Kier alpha value is -1.11. The molecule has 0 unspecified atom stereocenters. The van der Waals surface area contributed by atoms with Crippen LogP contribution in [0.5, 0.6) is 5.75 Å². The Balaban J connectivity index is 1.96. The maximum absolute atomic E-state index is 13.4. The molecule has 0 amide bonds. The second-order valence-electron chi connectivity index (χ2n) is 6.96. The van der Waals surface area contributed by atoms with Gasteiger partial charge in [0.2, 0.25) is 10.0 Å². The Morgan fingerprint density at radius 2 is 2.04 bits per heavy atom. The van der Waals surface area contributed by atoms with E-state index in [4.69, 9.17) is 4.74 Å². The molecular weight excluding hydrogens is 324 g/mol. The predicted octanol–water partition coefficient (Wildman–Crippen LogP) is 2.77. The van der Waals surface area contributed by atoms with Gasteiger partial charge < -0.3 is 10.1 Å². The van der Waals surface area contributed by atoms with Crippen LogP contribution in [-0.2, 0) is 10.0 Å². The van der Waals surface area contributed by atoms with E-state index in [0.717, 1.165) is 38.6 Å². The van der Waals surface area contributed by atoms with Crippen molar-refractivity contribution in [2.75, 3.05) is 20.2 Å². The van der Waals surface area contributed by atoms with Crippen molar-refractivity contribution in [1.29, 1.82) is 0 Å². The van der Waals surface area contributed by atoms with Crippen molar-refractivity contribution in [1.82, 2.24) is 9.62 Å². The molecule has 1 saturated carbocycles. The van der Waals surface area contributed by atoms with Crippen LogP contribution in [-0.4, -0.2) is 44.5 Å². The van der Waals surface area contributed by atoms with E-state index in [1.807, 2.05) is 0 Å². The Labute approximate surface area is 145 Å². The van der Waals surface area contributed by atoms with Gasteiger partial charge in [0.05, 0.1) is 12.0 Å². The monoisotopic (exact) mass is 352 g/mol. The van der Waals surface area contributed by atoms with Crippen LogP contribution < -0.4 is 10.1 Å². The summed E-state index contributed by atoms with van der Waals surface area (Å²) in [6, 6.07) is 7.08. The SMILES string of the molecule is CCN[C@@H]1CN(S(=O)(=O)c2cccc(OC)c2)C2(CCCCC2)C1. The summed E-state index contributed by atoms with van der Waals surface area (Å²) in [6.07, 6.45) is 6.30. The number of hydrogen-bond donors (Lipinski definition) is 1. The molecule has 3 rings (SSSR count). The molecule has 5 nitrogen and oxygen atoms in total. The smallest absolute Gasteiger partial charge is 0.243 e. The zero-order chi connectivity index (χ0) is 17.2. The van der Waals surface area contributed by atoms with E-state index in [0.29, 0.717) is 17.2 Å². The van der Waals surface area contributed by atoms with Crippen LogP contribution >= 0.6 is 0 Å². The largest absolute Gasteiger partial charge is 0.497 e. The van der Waals surface area contributed by atoms with Crippen molar-refractivity contribution in [3.63, 3.8) is 0 Å². The van der Waals surface area contributed by atoms with Crippen LogP contribution in [0.3, 0.4) is 0 Å². The van der Waals surface area contributed by atoms with Crippen molar-refractivity contribution >= 4 is 10.0 Å². The zero-order valence-corrected chi connectivity index (χ0v) is 15.4. The molecule has 2 fully saturated rings. The van der Waals surface area contributed by atoms with Crippen molar-refractivity contribution in [2.45, 2.75) is 61.9 Å². The maximum Gasteiger partial charge on any atom is 0.243 e. The summed E-state index contributed by atoms with van der Waals surface area (Å²) in [4.78, 5) is 0.337. The van der Waals surface area contributed by atoms with Gasteiger partial charge in [-0.2, -0.15) is 4.31 Å². The molecule has 0 aromatic heterocycles. The number of rotatable bonds is 5. The van der Waals surface area contributed by atoms with Gasteiger partial charge in [0.15, 0.2) is 0 Å². The Morgan fingerprint density at radius 1 is 1.29 bits per heavy atom. The van der Waals surface area contributed by atoms with E-state index in [-0.39, 0.29) is 11.6 Å². The molecule has 1 aliphatic carbocycles. The fraction of sp³-hybridized carbons (Fsp3) is 0.667. The van der Waals surface area contributed by atoms with Crippen molar-refractivity contribution in [2.24, 2.45) is 0 Å². The molecule has 1 aromatic rings. The molecule has 1 aliphatic heterocycles. The minimum absolute atomic E-state index is 0.215. The topological polar surface area (TPSA) is 58.6 Å². The van der Waals surface area contributed by atoms with Crippen LogP contribution in [0.25, 0.3) is 0 Å². The molecule has 6 heteroatoms. The van der Waals surface area contributed by atoms with Gasteiger partial charge in [-0.1, -0.05) is 32.3 Å². The molecule has 1 spiro atoms.